The number of pyridine rings is 1. The lowest BCUT2D eigenvalue weighted by Gasteiger charge is -2.16. The molecule has 280 valence electrons. The van der Waals surface area contributed by atoms with E-state index in [1.165, 1.54) is 65.6 Å². The minimum atomic E-state index is 0.881. The smallest absolute Gasteiger partial charge is 0.138 e. The Kier molecular flexibility index (Phi) is 7.85. The molecule has 0 spiro atoms. The molecule has 60 heavy (non-hydrogen) atoms. The van der Waals surface area contributed by atoms with Crippen molar-refractivity contribution in [1.29, 1.82) is 0 Å². The molecule has 3 nitrogen and oxygen atoms in total. The molecule has 12 rings (SSSR count). The van der Waals surface area contributed by atoms with Crippen molar-refractivity contribution >= 4 is 54.4 Å². The van der Waals surface area contributed by atoms with E-state index < -0.39 is 0 Å². The van der Waals surface area contributed by atoms with E-state index in [1.807, 2.05) is 0 Å². The van der Waals surface area contributed by atoms with Gasteiger partial charge in [-0.15, -0.1) is 0 Å². The van der Waals surface area contributed by atoms with E-state index in [4.69, 9.17) is 4.98 Å². The van der Waals surface area contributed by atoms with Crippen LogP contribution in [0.5, 0.6) is 0 Å². The first-order chi connectivity index (χ1) is 29.8. The van der Waals surface area contributed by atoms with Gasteiger partial charge in [-0.2, -0.15) is 0 Å². The van der Waals surface area contributed by atoms with Gasteiger partial charge in [0.25, 0.3) is 0 Å². The van der Waals surface area contributed by atoms with Gasteiger partial charge in [-0.1, -0.05) is 182 Å². The molecule has 0 fully saturated rings. The summed E-state index contributed by atoms with van der Waals surface area (Å²) in [6.45, 7) is 0. The van der Waals surface area contributed by atoms with Gasteiger partial charge in [-0.05, 0) is 81.2 Å². The van der Waals surface area contributed by atoms with E-state index in [9.17, 15) is 0 Å². The zero-order valence-electron chi connectivity index (χ0n) is 32.7. The molecule has 0 unspecified atom stereocenters. The number of hydrogen-bond acceptors (Lipinski definition) is 1. The number of aromatic nitrogens is 3. The Labute approximate surface area is 347 Å². The van der Waals surface area contributed by atoms with Crippen molar-refractivity contribution in [1.82, 2.24) is 14.1 Å². The van der Waals surface area contributed by atoms with E-state index >= 15 is 0 Å². The number of benzene rings is 9. The van der Waals surface area contributed by atoms with Gasteiger partial charge in [0.15, 0.2) is 0 Å². The van der Waals surface area contributed by atoms with Crippen molar-refractivity contribution in [3.8, 4) is 56.1 Å². The molecule has 0 saturated carbocycles. The average Bonchev–Trinajstić information content (AvgIpc) is 3.86. The zero-order chi connectivity index (χ0) is 39.6. The van der Waals surface area contributed by atoms with Crippen LogP contribution in [0.15, 0.2) is 224 Å². The van der Waals surface area contributed by atoms with Crippen molar-refractivity contribution in [2.45, 2.75) is 0 Å². The molecule has 0 radical (unpaired) electrons. The summed E-state index contributed by atoms with van der Waals surface area (Å²) in [5.74, 6) is 0.881. The Morgan fingerprint density at radius 2 is 0.733 bits per heavy atom. The van der Waals surface area contributed by atoms with E-state index in [0.29, 0.717) is 0 Å². The van der Waals surface area contributed by atoms with Crippen LogP contribution >= 0.6 is 0 Å². The van der Waals surface area contributed by atoms with Gasteiger partial charge in [0.05, 0.1) is 27.8 Å². The predicted octanol–water partition coefficient (Wildman–Crippen LogP) is 15.1. The predicted molar refractivity (Wildman–Crippen MR) is 252 cm³/mol. The van der Waals surface area contributed by atoms with Crippen LogP contribution in [-0.4, -0.2) is 14.1 Å². The van der Waals surface area contributed by atoms with Crippen molar-refractivity contribution in [3.05, 3.63) is 224 Å². The summed E-state index contributed by atoms with van der Waals surface area (Å²) in [6, 6.07) is 81.1. The Morgan fingerprint density at radius 3 is 1.27 bits per heavy atom. The first-order valence-corrected chi connectivity index (χ1v) is 20.5. The number of fused-ring (bicyclic) bond motifs is 9. The Morgan fingerprint density at radius 1 is 0.300 bits per heavy atom. The molecule has 0 N–H and O–H groups in total. The van der Waals surface area contributed by atoms with Gasteiger partial charge in [0.2, 0.25) is 0 Å². The highest BCUT2D eigenvalue weighted by molar-refractivity contribution is 6.28. The largest absolute Gasteiger partial charge is 0.308 e. The topological polar surface area (TPSA) is 22.8 Å². The van der Waals surface area contributed by atoms with Gasteiger partial charge < -0.3 is 4.57 Å². The fourth-order valence-electron chi connectivity index (χ4n) is 9.34. The first-order valence-electron chi connectivity index (χ1n) is 20.5. The highest BCUT2D eigenvalue weighted by atomic mass is 15.1. The second-order valence-electron chi connectivity index (χ2n) is 15.6. The van der Waals surface area contributed by atoms with Crippen molar-refractivity contribution < 1.29 is 0 Å². The molecular formula is C57H37N3. The molecule has 3 heterocycles. The van der Waals surface area contributed by atoms with Crippen molar-refractivity contribution in [2.24, 2.45) is 0 Å². The number of hydrogen-bond donors (Lipinski definition) is 0. The third-order valence-electron chi connectivity index (χ3n) is 12.1. The summed E-state index contributed by atoms with van der Waals surface area (Å²) in [7, 11) is 0. The molecule has 0 aliphatic carbocycles. The van der Waals surface area contributed by atoms with Gasteiger partial charge in [0, 0.05) is 38.2 Å². The summed E-state index contributed by atoms with van der Waals surface area (Å²) in [4.78, 5) is 5.53. The van der Waals surface area contributed by atoms with Crippen LogP contribution in [0.2, 0.25) is 0 Å². The standard InChI is InChI=1S/C57H37N3/c1-5-17-38(18-6-1)43-33-44(39-19-7-2-8-20-39)35-46(34-43)59-52-27-15-13-25-47(52)49-31-29-42-30-32-50-48-26-14-16-28-53(48)60(57(50)55(42)56(49)59)54-37-45(40-21-9-3-10-22-40)36-51(58-54)41-23-11-4-12-24-41/h1-37H. The maximum absolute atomic E-state index is 5.53. The lowest BCUT2D eigenvalue weighted by atomic mass is 9.97. The number of para-hydroxylation sites is 2. The Bertz CT molecular complexity index is 3210. The molecule has 0 amide bonds. The maximum atomic E-state index is 5.53. The minimum Gasteiger partial charge on any atom is -0.308 e. The second kappa shape index (κ2) is 13.8. The van der Waals surface area contributed by atoms with E-state index in [1.54, 1.807) is 0 Å². The SMILES string of the molecule is c1ccc(-c2cc(-c3ccccc3)cc(-n3c4ccccc4c4ccc5ccc6c7ccccc7n(-c7cc(-c8ccccc8)cc(-c8ccccc8)n7)c6c5c43)c2)cc1. The van der Waals surface area contributed by atoms with Crippen LogP contribution in [0.25, 0.3) is 111 Å². The summed E-state index contributed by atoms with van der Waals surface area (Å²) in [5, 5.41) is 7.18. The normalized spacial score (nSPS) is 11.7. The average molecular weight is 764 g/mol. The monoisotopic (exact) mass is 763 g/mol. The molecular weight excluding hydrogens is 727 g/mol. The van der Waals surface area contributed by atoms with E-state index in [2.05, 4.69) is 234 Å². The summed E-state index contributed by atoms with van der Waals surface area (Å²) >= 11 is 0. The molecule has 3 heteroatoms. The summed E-state index contributed by atoms with van der Waals surface area (Å²) < 4.78 is 4.93. The van der Waals surface area contributed by atoms with E-state index in [0.717, 1.165) is 44.9 Å². The highest BCUT2D eigenvalue weighted by Crippen LogP contribution is 2.44. The molecule has 0 atom stereocenters. The zero-order valence-corrected chi connectivity index (χ0v) is 32.7. The van der Waals surface area contributed by atoms with Crippen LogP contribution < -0.4 is 0 Å². The first kappa shape index (κ1) is 34.1. The van der Waals surface area contributed by atoms with Gasteiger partial charge in [-0.3, -0.25) is 4.57 Å². The third-order valence-corrected chi connectivity index (χ3v) is 12.1. The number of nitrogens with zero attached hydrogens (tertiary/aromatic N) is 3. The Hall–Kier alpha value is -8.01. The Balaban J connectivity index is 1.24. The van der Waals surface area contributed by atoms with Crippen LogP contribution in [0.4, 0.5) is 0 Å². The molecule has 3 aromatic heterocycles. The fourth-order valence-corrected chi connectivity index (χ4v) is 9.34. The lowest BCUT2D eigenvalue weighted by molar-refractivity contribution is 1.09. The van der Waals surface area contributed by atoms with Crippen molar-refractivity contribution in [2.75, 3.05) is 0 Å². The van der Waals surface area contributed by atoms with Crippen LogP contribution in [0.1, 0.15) is 0 Å². The minimum absolute atomic E-state index is 0.881. The summed E-state index contributed by atoms with van der Waals surface area (Å²) in [6.07, 6.45) is 0. The highest BCUT2D eigenvalue weighted by Gasteiger charge is 2.23. The lowest BCUT2D eigenvalue weighted by Crippen LogP contribution is -2.01. The van der Waals surface area contributed by atoms with E-state index in [-0.39, 0.29) is 0 Å². The molecule has 0 aliphatic rings. The van der Waals surface area contributed by atoms with Gasteiger partial charge in [-0.25, -0.2) is 4.98 Å². The molecule has 9 aromatic carbocycles. The molecule has 12 aromatic rings. The van der Waals surface area contributed by atoms with Gasteiger partial charge >= 0.3 is 0 Å². The van der Waals surface area contributed by atoms with Crippen LogP contribution in [0, 0.1) is 0 Å². The van der Waals surface area contributed by atoms with Crippen LogP contribution in [-0.2, 0) is 0 Å². The van der Waals surface area contributed by atoms with Crippen molar-refractivity contribution in [3.63, 3.8) is 0 Å². The second-order valence-corrected chi connectivity index (χ2v) is 15.6. The molecule has 0 bridgehead atoms. The number of rotatable bonds is 6. The van der Waals surface area contributed by atoms with Crippen LogP contribution in [0.3, 0.4) is 0 Å². The molecule has 0 aliphatic heterocycles. The maximum Gasteiger partial charge on any atom is 0.138 e. The third kappa shape index (κ3) is 5.48. The summed E-state index contributed by atoms with van der Waals surface area (Å²) in [5.41, 5.74) is 14.7. The quantitative estimate of drug-likeness (QED) is 0.165. The fraction of sp³-hybridized carbons (Fsp3) is 0. The van der Waals surface area contributed by atoms with Gasteiger partial charge in [0.1, 0.15) is 5.82 Å². The molecule has 0 saturated heterocycles.